The van der Waals surface area contributed by atoms with Crippen molar-refractivity contribution in [1.82, 2.24) is 24.8 Å². The molecule has 2 aromatic heterocycles. The largest absolute Gasteiger partial charge is 0.326 e. The minimum Gasteiger partial charge on any atom is -0.324 e. The molecular formula is C9H14N5O4P. The van der Waals surface area contributed by atoms with Crippen molar-refractivity contribution in [2.45, 2.75) is 6.54 Å². The number of hydrogen-bond donors (Lipinski definition) is 4. The molecular weight excluding hydrogens is 273 g/mol. The van der Waals surface area contributed by atoms with E-state index in [1.165, 1.54) is 12.7 Å². The van der Waals surface area contributed by atoms with Gasteiger partial charge < -0.3 is 24.7 Å². The molecule has 2 rings (SSSR count). The number of nitrogens with one attached hydrogen (secondary N) is 2. The summed E-state index contributed by atoms with van der Waals surface area (Å²) >= 11 is 0. The third kappa shape index (κ3) is 3.71. The van der Waals surface area contributed by atoms with E-state index in [0.717, 1.165) is 0 Å². The van der Waals surface area contributed by atoms with Crippen LogP contribution in [0.1, 0.15) is 0 Å². The van der Waals surface area contributed by atoms with Gasteiger partial charge in [0.1, 0.15) is 0 Å². The van der Waals surface area contributed by atoms with Crippen molar-refractivity contribution in [2.75, 3.05) is 19.3 Å². The number of aromatic amines is 1. The average molecular weight is 287 g/mol. The lowest BCUT2D eigenvalue weighted by atomic mass is 10.5. The quantitative estimate of drug-likeness (QED) is 0.391. The zero-order valence-corrected chi connectivity index (χ0v) is 10.9. The highest BCUT2D eigenvalue weighted by atomic mass is 31.2. The number of imidazole rings is 1. The van der Waals surface area contributed by atoms with E-state index < -0.39 is 7.60 Å². The van der Waals surface area contributed by atoms with Crippen LogP contribution in [0.2, 0.25) is 0 Å². The SMILES string of the molecule is O=c1[nH]cnc2c1ncn2CCNCCP(=O)(O)O. The number of H-pyrrole nitrogens is 1. The van der Waals surface area contributed by atoms with Crippen LogP contribution in [0.15, 0.2) is 17.4 Å². The van der Waals surface area contributed by atoms with Crippen molar-refractivity contribution in [3.05, 3.63) is 23.0 Å². The second kappa shape index (κ2) is 5.62. The molecule has 19 heavy (non-hydrogen) atoms. The molecule has 0 aliphatic heterocycles. The molecule has 2 aromatic rings. The lowest BCUT2D eigenvalue weighted by Crippen LogP contribution is -2.23. The molecule has 0 saturated carbocycles. The van der Waals surface area contributed by atoms with Crippen LogP contribution in [-0.4, -0.2) is 48.6 Å². The molecule has 0 fully saturated rings. The summed E-state index contributed by atoms with van der Waals surface area (Å²) in [7, 11) is -3.95. The average Bonchev–Trinajstić information content (AvgIpc) is 2.72. The van der Waals surface area contributed by atoms with Crippen LogP contribution >= 0.6 is 7.60 Å². The van der Waals surface area contributed by atoms with Gasteiger partial charge in [-0.1, -0.05) is 0 Å². The van der Waals surface area contributed by atoms with Crippen molar-refractivity contribution in [2.24, 2.45) is 0 Å². The molecule has 104 valence electrons. The van der Waals surface area contributed by atoms with Gasteiger partial charge in [-0.05, 0) is 0 Å². The Morgan fingerprint density at radius 3 is 2.89 bits per heavy atom. The van der Waals surface area contributed by atoms with Crippen molar-refractivity contribution in [1.29, 1.82) is 0 Å². The molecule has 0 aliphatic rings. The molecule has 0 saturated heterocycles. The van der Waals surface area contributed by atoms with Crippen LogP contribution in [0.25, 0.3) is 11.2 Å². The van der Waals surface area contributed by atoms with E-state index in [0.29, 0.717) is 18.7 Å². The fourth-order valence-corrected chi connectivity index (χ4v) is 2.05. The van der Waals surface area contributed by atoms with Gasteiger partial charge in [0.25, 0.3) is 5.56 Å². The highest BCUT2D eigenvalue weighted by Crippen LogP contribution is 2.32. The topological polar surface area (TPSA) is 133 Å². The van der Waals surface area contributed by atoms with Crippen LogP contribution in [-0.2, 0) is 11.1 Å². The number of fused-ring (bicyclic) bond motifs is 1. The van der Waals surface area contributed by atoms with Gasteiger partial charge in [0.2, 0.25) is 0 Å². The Labute approximate surface area is 107 Å². The molecule has 0 radical (unpaired) electrons. The molecule has 0 spiro atoms. The summed E-state index contributed by atoms with van der Waals surface area (Å²) in [5.74, 6) is 0. The standard InChI is InChI=1S/C9H14N5O4P/c15-9-7-8(11-5-12-9)14(6-13-7)3-1-10-2-4-19(16,17)18/h5-6,10H,1-4H2,(H,11,12,15)(H2,16,17,18). The fraction of sp³-hybridized carbons (Fsp3) is 0.444. The molecule has 0 aliphatic carbocycles. The van der Waals surface area contributed by atoms with Gasteiger partial charge in [-0.15, -0.1) is 0 Å². The van der Waals surface area contributed by atoms with E-state index in [2.05, 4.69) is 20.3 Å². The van der Waals surface area contributed by atoms with E-state index in [9.17, 15) is 9.36 Å². The van der Waals surface area contributed by atoms with Crippen LogP contribution in [0.5, 0.6) is 0 Å². The maximum absolute atomic E-state index is 11.4. The first-order chi connectivity index (χ1) is 8.97. The van der Waals surface area contributed by atoms with Gasteiger partial charge in [-0.2, -0.15) is 0 Å². The highest BCUT2D eigenvalue weighted by Gasteiger charge is 2.11. The molecule has 0 amide bonds. The van der Waals surface area contributed by atoms with Crippen molar-refractivity contribution < 1.29 is 14.4 Å². The van der Waals surface area contributed by atoms with E-state index >= 15 is 0 Å². The predicted molar refractivity (Wildman–Crippen MR) is 67.9 cm³/mol. The van der Waals surface area contributed by atoms with E-state index in [-0.39, 0.29) is 23.8 Å². The summed E-state index contributed by atoms with van der Waals surface area (Å²) in [5.41, 5.74) is 0.469. The summed E-state index contributed by atoms with van der Waals surface area (Å²) in [5, 5.41) is 2.90. The molecule has 10 heteroatoms. The van der Waals surface area contributed by atoms with Crippen LogP contribution in [0.4, 0.5) is 0 Å². The summed E-state index contributed by atoms with van der Waals surface area (Å²) in [6.45, 7) is 1.24. The summed E-state index contributed by atoms with van der Waals surface area (Å²) in [6.07, 6.45) is 2.62. The molecule has 2 heterocycles. The minimum atomic E-state index is -3.95. The molecule has 0 unspecified atom stereocenters. The lowest BCUT2D eigenvalue weighted by Gasteiger charge is -2.06. The first kappa shape index (κ1) is 13.9. The Hall–Kier alpha value is -1.54. The summed E-state index contributed by atoms with van der Waals surface area (Å²) < 4.78 is 12.3. The van der Waals surface area contributed by atoms with Crippen molar-refractivity contribution >= 4 is 18.8 Å². The number of aromatic nitrogens is 4. The van der Waals surface area contributed by atoms with Gasteiger partial charge in [-0.3, -0.25) is 9.36 Å². The second-order valence-electron chi connectivity index (χ2n) is 3.98. The molecule has 9 nitrogen and oxygen atoms in total. The maximum Gasteiger partial charge on any atom is 0.326 e. The van der Waals surface area contributed by atoms with Gasteiger partial charge >= 0.3 is 7.60 Å². The van der Waals surface area contributed by atoms with Crippen LogP contribution in [0, 0.1) is 0 Å². The highest BCUT2D eigenvalue weighted by molar-refractivity contribution is 7.51. The monoisotopic (exact) mass is 287 g/mol. The zero-order chi connectivity index (χ0) is 13.9. The Kier molecular flexibility index (Phi) is 4.11. The predicted octanol–water partition coefficient (Wildman–Crippen LogP) is -1.11. The van der Waals surface area contributed by atoms with Crippen LogP contribution < -0.4 is 10.9 Å². The van der Waals surface area contributed by atoms with E-state index in [4.69, 9.17) is 9.79 Å². The first-order valence-electron chi connectivity index (χ1n) is 5.61. The Balaban J connectivity index is 1.91. The summed E-state index contributed by atoms with van der Waals surface area (Å²) in [4.78, 5) is 39.2. The van der Waals surface area contributed by atoms with Gasteiger partial charge in [0.05, 0.1) is 18.8 Å². The van der Waals surface area contributed by atoms with E-state index in [1.807, 2.05) is 0 Å². The summed E-state index contributed by atoms with van der Waals surface area (Å²) in [6, 6.07) is 0. The Morgan fingerprint density at radius 2 is 2.16 bits per heavy atom. The molecule has 0 atom stereocenters. The van der Waals surface area contributed by atoms with Crippen molar-refractivity contribution in [3.63, 3.8) is 0 Å². The van der Waals surface area contributed by atoms with E-state index in [1.54, 1.807) is 4.57 Å². The lowest BCUT2D eigenvalue weighted by molar-refractivity contribution is 0.371. The molecule has 4 N–H and O–H groups in total. The van der Waals surface area contributed by atoms with Gasteiger partial charge in [0, 0.05) is 19.6 Å². The fourth-order valence-electron chi connectivity index (χ4n) is 1.60. The van der Waals surface area contributed by atoms with Crippen LogP contribution in [0.3, 0.4) is 0 Å². The normalized spacial score (nSPS) is 12.1. The molecule has 0 aromatic carbocycles. The smallest absolute Gasteiger partial charge is 0.324 e. The first-order valence-corrected chi connectivity index (χ1v) is 7.41. The number of hydrogen-bond acceptors (Lipinski definition) is 5. The van der Waals surface area contributed by atoms with Gasteiger partial charge in [0.15, 0.2) is 11.2 Å². The Morgan fingerprint density at radius 1 is 1.37 bits per heavy atom. The minimum absolute atomic E-state index is 0.199. The number of nitrogens with zero attached hydrogens (tertiary/aromatic N) is 3. The number of rotatable bonds is 6. The maximum atomic E-state index is 11.4. The van der Waals surface area contributed by atoms with Crippen molar-refractivity contribution in [3.8, 4) is 0 Å². The Bertz CT molecular complexity index is 660. The van der Waals surface area contributed by atoms with Gasteiger partial charge in [-0.25, -0.2) is 9.97 Å². The third-order valence-electron chi connectivity index (χ3n) is 2.52. The second-order valence-corrected chi connectivity index (χ2v) is 5.76. The molecule has 0 bridgehead atoms. The zero-order valence-electron chi connectivity index (χ0n) is 9.98. The third-order valence-corrected chi connectivity index (χ3v) is 3.32.